The summed E-state index contributed by atoms with van der Waals surface area (Å²) >= 11 is 1.17. The lowest BCUT2D eigenvalue weighted by atomic mass is 10.2. The molecule has 2 amide bonds. The van der Waals surface area contributed by atoms with Crippen molar-refractivity contribution >= 4 is 34.2 Å². The maximum absolute atomic E-state index is 12.3. The first-order valence-electron chi connectivity index (χ1n) is 6.95. The number of hydrogen-bond donors (Lipinski definition) is 2. The van der Waals surface area contributed by atoms with Crippen LogP contribution in [0.3, 0.4) is 0 Å². The Morgan fingerprint density at radius 3 is 2.81 bits per heavy atom. The summed E-state index contributed by atoms with van der Waals surface area (Å²) in [6.07, 6.45) is 0.852. The molecule has 7 nitrogen and oxygen atoms in total. The summed E-state index contributed by atoms with van der Waals surface area (Å²) in [4.78, 5) is 27.9. The molecule has 116 valence electrons. The van der Waals surface area contributed by atoms with Gasteiger partial charge in [0.1, 0.15) is 10.6 Å². The van der Waals surface area contributed by atoms with E-state index in [1.165, 1.54) is 11.5 Å². The van der Waals surface area contributed by atoms with Crippen LogP contribution in [0.25, 0.3) is 0 Å². The van der Waals surface area contributed by atoms with Crippen molar-refractivity contribution in [2.24, 2.45) is 0 Å². The summed E-state index contributed by atoms with van der Waals surface area (Å²) in [6.45, 7) is 5.45. The average molecular weight is 311 g/mol. The molecule has 0 spiro atoms. The fraction of sp³-hybridized carbons (Fsp3) is 0.615. The number of nitrogens with one attached hydrogen (secondary N) is 1. The molecule has 0 atom stereocenters. The molecule has 0 saturated carbocycles. The van der Waals surface area contributed by atoms with E-state index in [2.05, 4.69) is 9.69 Å². The van der Waals surface area contributed by atoms with Gasteiger partial charge in [0.05, 0.1) is 6.54 Å². The van der Waals surface area contributed by atoms with E-state index < -0.39 is 0 Å². The fourth-order valence-corrected chi connectivity index (χ4v) is 3.05. The SMILES string of the molecule is CC(C)NC(=O)c1c(N)nsc1N1CCCN(C)C(=O)C1. The first kappa shape index (κ1) is 15.6. The van der Waals surface area contributed by atoms with Crippen molar-refractivity contribution in [3.05, 3.63) is 5.56 Å². The zero-order chi connectivity index (χ0) is 15.6. The zero-order valence-corrected chi connectivity index (χ0v) is 13.4. The monoisotopic (exact) mass is 311 g/mol. The van der Waals surface area contributed by atoms with Gasteiger partial charge in [-0.3, -0.25) is 9.59 Å². The van der Waals surface area contributed by atoms with Crippen molar-refractivity contribution in [1.82, 2.24) is 14.6 Å². The molecule has 21 heavy (non-hydrogen) atoms. The molecule has 1 fully saturated rings. The number of anilines is 2. The van der Waals surface area contributed by atoms with Crippen LogP contribution in [0.5, 0.6) is 0 Å². The topological polar surface area (TPSA) is 91.6 Å². The number of carbonyl (C=O) groups is 2. The van der Waals surface area contributed by atoms with Gasteiger partial charge in [-0.1, -0.05) is 0 Å². The first-order valence-corrected chi connectivity index (χ1v) is 7.72. The predicted octanol–water partition coefficient (Wildman–Crippen LogP) is 0.532. The van der Waals surface area contributed by atoms with E-state index in [0.717, 1.165) is 13.0 Å². The molecule has 2 heterocycles. The van der Waals surface area contributed by atoms with Crippen molar-refractivity contribution in [2.45, 2.75) is 26.3 Å². The molecule has 0 aliphatic carbocycles. The summed E-state index contributed by atoms with van der Waals surface area (Å²) in [7, 11) is 1.79. The number of hydrogen-bond acceptors (Lipinski definition) is 6. The number of nitrogens with zero attached hydrogens (tertiary/aromatic N) is 3. The highest BCUT2D eigenvalue weighted by Gasteiger charge is 2.27. The normalized spacial score (nSPS) is 16.3. The van der Waals surface area contributed by atoms with Crippen LogP contribution in [-0.2, 0) is 4.79 Å². The second-order valence-electron chi connectivity index (χ2n) is 5.47. The zero-order valence-electron chi connectivity index (χ0n) is 12.5. The van der Waals surface area contributed by atoms with Crippen molar-refractivity contribution < 1.29 is 9.59 Å². The first-order chi connectivity index (χ1) is 9.90. The molecule has 1 aromatic rings. The third-order valence-corrected chi connectivity index (χ3v) is 4.23. The van der Waals surface area contributed by atoms with Gasteiger partial charge < -0.3 is 20.9 Å². The summed E-state index contributed by atoms with van der Waals surface area (Å²) < 4.78 is 4.09. The molecule has 3 N–H and O–H groups in total. The molecule has 1 aliphatic heterocycles. The fourth-order valence-electron chi connectivity index (χ4n) is 2.22. The Morgan fingerprint density at radius 1 is 1.43 bits per heavy atom. The van der Waals surface area contributed by atoms with E-state index in [-0.39, 0.29) is 30.2 Å². The maximum Gasteiger partial charge on any atom is 0.258 e. The van der Waals surface area contributed by atoms with Crippen molar-refractivity contribution in [1.29, 1.82) is 0 Å². The van der Waals surface area contributed by atoms with Crippen LogP contribution in [0.4, 0.5) is 10.8 Å². The molecule has 8 heteroatoms. The van der Waals surface area contributed by atoms with E-state index >= 15 is 0 Å². The minimum atomic E-state index is -0.240. The van der Waals surface area contributed by atoms with E-state index in [1.807, 2.05) is 18.7 Å². The third kappa shape index (κ3) is 3.44. The van der Waals surface area contributed by atoms with E-state index in [9.17, 15) is 9.59 Å². The Bertz CT molecular complexity index is 543. The van der Waals surface area contributed by atoms with Gasteiger partial charge in [-0.15, -0.1) is 0 Å². The molecule has 0 bridgehead atoms. The molecule has 0 aromatic carbocycles. The minimum absolute atomic E-state index is 0.0153. The predicted molar refractivity (Wildman–Crippen MR) is 83.6 cm³/mol. The lowest BCUT2D eigenvalue weighted by Gasteiger charge is -2.21. The molecular formula is C13H21N5O2S. The Kier molecular flexibility index (Phi) is 4.66. The quantitative estimate of drug-likeness (QED) is 0.850. The minimum Gasteiger partial charge on any atom is -0.382 e. The van der Waals surface area contributed by atoms with Gasteiger partial charge in [0.25, 0.3) is 5.91 Å². The second kappa shape index (κ2) is 6.30. The summed E-state index contributed by atoms with van der Waals surface area (Å²) in [5, 5.41) is 3.50. The number of likely N-dealkylation sites (N-methyl/N-ethyl adjacent to an activating group) is 1. The lowest BCUT2D eigenvalue weighted by Crippen LogP contribution is -2.36. The standard InChI is InChI=1S/C13H21N5O2S/c1-8(2)15-12(20)10-11(14)16-21-13(10)18-6-4-5-17(3)9(19)7-18/h8H,4-7H2,1-3H3,(H2,14,16)(H,15,20). The Hall–Kier alpha value is -1.83. The maximum atomic E-state index is 12.3. The summed E-state index contributed by atoms with van der Waals surface area (Å²) in [5.74, 6) is 0.0178. The number of amides is 2. The largest absolute Gasteiger partial charge is 0.382 e. The molecule has 2 rings (SSSR count). The van der Waals surface area contributed by atoms with Gasteiger partial charge in [-0.05, 0) is 31.8 Å². The van der Waals surface area contributed by atoms with Gasteiger partial charge in [-0.25, -0.2) is 0 Å². The number of nitrogens with two attached hydrogens (primary N) is 1. The van der Waals surface area contributed by atoms with E-state index in [0.29, 0.717) is 17.1 Å². The molecule has 0 radical (unpaired) electrons. The van der Waals surface area contributed by atoms with Crippen LogP contribution >= 0.6 is 11.5 Å². The van der Waals surface area contributed by atoms with E-state index in [4.69, 9.17) is 5.73 Å². The van der Waals surface area contributed by atoms with Gasteiger partial charge in [0.2, 0.25) is 5.91 Å². The Labute approximate surface area is 128 Å². The number of nitrogen functional groups attached to an aromatic ring is 1. The molecular weight excluding hydrogens is 290 g/mol. The highest BCUT2D eigenvalue weighted by molar-refractivity contribution is 7.11. The highest BCUT2D eigenvalue weighted by Crippen LogP contribution is 2.31. The van der Waals surface area contributed by atoms with Crippen LogP contribution in [0, 0.1) is 0 Å². The molecule has 1 saturated heterocycles. The molecule has 1 aliphatic rings. The smallest absolute Gasteiger partial charge is 0.258 e. The second-order valence-corrected chi connectivity index (χ2v) is 6.22. The highest BCUT2D eigenvalue weighted by atomic mass is 32.1. The van der Waals surface area contributed by atoms with Crippen LogP contribution in [0.1, 0.15) is 30.6 Å². The van der Waals surface area contributed by atoms with Crippen LogP contribution < -0.4 is 16.0 Å². The lowest BCUT2D eigenvalue weighted by molar-refractivity contribution is -0.127. The molecule has 1 aromatic heterocycles. The van der Waals surface area contributed by atoms with Gasteiger partial charge >= 0.3 is 0 Å². The van der Waals surface area contributed by atoms with Crippen molar-refractivity contribution in [3.8, 4) is 0 Å². The summed E-state index contributed by atoms with van der Waals surface area (Å²) in [6, 6.07) is 0.0153. The van der Waals surface area contributed by atoms with Crippen LogP contribution in [-0.4, -0.2) is 53.8 Å². The Balaban J connectivity index is 2.27. The van der Waals surface area contributed by atoms with Gasteiger partial charge in [0.15, 0.2) is 5.82 Å². The van der Waals surface area contributed by atoms with Gasteiger partial charge in [-0.2, -0.15) is 4.37 Å². The molecule has 0 unspecified atom stereocenters. The third-order valence-electron chi connectivity index (χ3n) is 3.31. The number of rotatable bonds is 3. The van der Waals surface area contributed by atoms with Crippen molar-refractivity contribution in [2.75, 3.05) is 37.3 Å². The summed E-state index contributed by atoms with van der Waals surface area (Å²) in [5.41, 5.74) is 6.22. The van der Waals surface area contributed by atoms with Crippen LogP contribution in [0.2, 0.25) is 0 Å². The van der Waals surface area contributed by atoms with E-state index in [1.54, 1.807) is 11.9 Å². The van der Waals surface area contributed by atoms with Crippen molar-refractivity contribution in [3.63, 3.8) is 0 Å². The number of aromatic nitrogens is 1. The average Bonchev–Trinajstić information content (AvgIpc) is 2.69. The van der Waals surface area contributed by atoms with Gasteiger partial charge in [0, 0.05) is 26.2 Å². The van der Waals surface area contributed by atoms with Crippen LogP contribution in [0.15, 0.2) is 0 Å². The number of carbonyl (C=O) groups excluding carboxylic acids is 2. The Morgan fingerprint density at radius 2 is 2.14 bits per heavy atom.